The van der Waals surface area contributed by atoms with Gasteiger partial charge in [0.15, 0.2) is 0 Å². The molecule has 1 aromatic rings. The zero-order valence-corrected chi connectivity index (χ0v) is 15.3. The first kappa shape index (κ1) is 17.5. The second-order valence-corrected chi connectivity index (χ2v) is 7.36. The van der Waals surface area contributed by atoms with Crippen molar-refractivity contribution in [3.05, 3.63) is 22.8 Å². The van der Waals surface area contributed by atoms with E-state index in [1.54, 1.807) is 12.3 Å². The van der Waals surface area contributed by atoms with Gasteiger partial charge in [-0.15, -0.1) is 0 Å². The minimum Gasteiger partial charge on any atom is -0.372 e. The average molecular weight is 352 g/mol. The van der Waals surface area contributed by atoms with E-state index in [1.165, 1.54) is 6.42 Å². The Hall–Kier alpha value is -1.33. The van der Waals surface area contributed by atoms with Crippen molar-refractivity contribution in [2.45, 2.75) is 45.1 Å². The highest BCUT2D eigenvalue weighted by Crippen LogP contribution is 2.30. The van der Waals surface area contributed by atoms with Crippen molar-refractivity contribution in [2.75, 3.05) is 37.7 Å². The topological polar surface area (TPSA) is 45.7 Å². The number of ether oxygens (including phenoxy) is 1. The number of rotatable bonds is 3. The number of pyridine rings is 1. The second-order valence-electron chi connectivity index (χ2n) is 6.96. The van der Waals surface area contributed by atoms with Crippen LogP contribution >= 0.6 is 11.6 Å². The minimum absolute atomic E-state index is 0.0380. The first-order valence-electron chi connectivity index (χ1n) is 8.86. The highest BCUT2D eigenvalue weighted by molar-refractivity contribution is 6.33. The zero-order valence-electron chi connectivity index (χ0n) is 14.6. The predicted molar refractivity (Wildman–Crippen MR) is 95.9 cm³/mol. The Bertz CT molecular complexity index is 604. The van der Waals surface area contributed by atoms with Gasteiger partial charge in [-0.1, -0.05) is 18.5 Å². The number of anilines is 1. The Morgan fingerprint density at radius 2 is 2.08 bits per heavy atom. The lowest BCUT2D eigenvalue weighted by Gasteiger charge is -2.40. The molecular formula is C18H26ClN3O2. The molecule has 132 valence electrons. The van der Waals surface area contributed by atoms with E-state index < -0.39 is 0 Å². The maximum absolute atomic E-state index is 12.6. The molecule has 0 aliphatic carbocycles. The first-order chi connectivity index (χ1) is 11.5. The third-order valence-corrected chi connectivity index (χ3v) is 5.37. The van der Waals surface area contributed by atoms with Gasteiger partial charge in [0.25, 0.3) is 5.91 Å². The van der Waals surface area contributed by atoms with Crippen LogP contribution in [-0.2, 0) is 4.74 Å². The molecule has 0 spiro atoms. The summed E-state index contributed by atoms with van der Waals surface area (Å²) in [4.78, 5) is 21.2. The number of halogens is 1. The molecule has 2 aliphatic heterocycles. The summed E-state index contributed by atoms with van der Waals surface area (Å²) in [6.45, 7) is 8.08. The van der Waals surface area contributed by atoms with E-state index in [9.17, 15) is 4.79 Å². The summed E-state index contributed by atoms with van der Waals surface area (Å²) in [7, 11) is 0. The molecule has 6 heteroatoms. The first-order valence-corrected chi connectivity index (χ1v) is 9.24. The number of aromatic nitrogens is 1. The van der Waals surface area contributed by atoms with Crippen LogP contribution in [0.2, 0.25) is 5.02 Å². The fourth-order valence-corrected chi connectivity index (χ4v) is 3.67. The predicted octanol–water partition coefficient (Wildman–Crippen LogP) is 3.37. The van der Waals surface area contributed by atoms with Gasteiger partial charge in [0.2, 0.25) is 0 Å². The SMILES string of the molecule is CCC1(C)CN(c2ncc(C(=O)N3CCCCC3)cc2Cl)CCO1. The lowest BCUT2D eigenvalue weighted by Crippen LogP contribution is -2.50. The Morgan fingerprint density at radius 1 is 1.33 bits per heavy atom. The van der Waals surface area contributed by atoms with Crippen molar-refractivity contribution in [3.8, 4) is 0 Å². The number of amides is 1. The molecule has 0 N–H and O–H groups in total. The van der Waals surface area contributed by atoms with Gasteiger partial charge in [-0.25, -0.2) is 4.98 Å². The van der Waals surface area contributed by atoms with Gasteiger partial charge in [-0.2, -0.15) is 0 Å². The molecule has 0 saturated carbocycles. The number of morpholine rings is 1. The van der Waals surface area contributed by atoms with Gasteiger partial charge in [0.1, 0.15) is 5.82 Å². The standard InChI is InChI=1S/C18H26ClN3O2/c1-3-18(2)13-22(9-10-24-18)16-15(19)11-14(12-20-16)17(23)21-7-5-4-6-8-21/h11-12H,3-10,13H2,1-2H3. The van der Waals surface area contributed by atoms with Gasteiger partial charge in [0, 0.05) is 32.4 Å². The molecule has 5 nitrogen and oxygen atoms in total. The summed E-state index contributed by atoms with van der Waals surface area (Å²) in [5.74, 6) is 0.783. The molecule has 2 fully saturated rings. The van der Waals surface area contributed by atoms with Crippen molar-refractivity contribution < 1.29 is 9.53 Å². The van der Waals surface area contributed by atoms with Crippen LogP contribution in [0.3, 0.4) is 0 Å². The van der Waals surface area contributed by atoms with Crippen molar-refractivity contribution >= 4 is 23.3 Å². The molecule has 24 heavy (non-hydrogen) atoms. The monoisotopic (exact) mass is 351 g/mol. The van der Waals surface area contributed by atoms with Crippen LogP contribution in [0.15, 0.2) is 12.3 Å². The molecule has 2 saturated heterocycles. The smallest absolute Gasteiger partial charge is 0.255 e. The Labute approximate surface area is 148 Å². The lowest BCUT2D eigenvalue weighted by atomic mass is 10.0. The van der Waals surface area contributed by atoms with Crippen molar-refractivity contribution in [1.29, 1.82) is 0 Å². The Balaban J connectivity index is 1.76. The van der Waals surface area contributed by atoms with Crippen molar-refractivity contribution in [2.24, 2.45) is 0 Å². The number of hydrogen-bond donors (Lipinski definition) is 0. The van der Waals surface area contributed by atoms with Crippen molar-refractivity contribution in [3.63, 3.8) is 0 Å². The van der Waals surface area contributed by atoms with E-state index in [-0.39, 0.29) is 11.5 Å². The minimum atomic E-state index is -0.175. The van der Waals surface area contributed by atoms with E-state index in [0.29, 0.717) is 17.2 Å². The van der Waals surface area contributed by atoms with Crippen LogP contribution in [0.25, 0.3) is 0 Å². The largest absolute Gasteiger partial charge is 0.372 e. The van der Waals surface area contributed by atoms with Crippen molar-refractivity contribution in [1.82, 2.24) is 9.88 Å². The summed E-state index contributed by atoms with van der Waals surface area (Å²) in [6.07, 6.45) is 5.96. The molecule has 0 bridgehead atoms. The highest BCUT2D eigenvalue weighted by atomic mass is 35.5. The van der Waals surface area contributed by atoms with Crippen LogP contribution in [0.5, 0.6) is 0 Å². The number of piperidine rings is 1. The van der Waals surface area contributed by atoms with Gasteiger partial charge in [-0.3, -0.25) is 4.79 Å². The second kappa shape index (κ2) is 7.28. The van der Waals surface area contributed by atoms with E-state index in [0.717, 1.165) is 51.3 Å². The Kier molecular flexibility index (Phi) is 5.30. The van der Waals surface area contributed by atoms with E-state index in [1.807, 2.05) is 4.90 Å². The molecule has 1 amide bonds. The normalized spacial score (nSPS) is 25.0. The fourth-order valence-electron chi connectivity index (χ4n) is 3.39. The number of likely N-dealkylation sites (tertiary alicyclic amines) is 1. The van der Waals surface area contributed by atoms with Crippen LogP contribution in [0.1, 0.15) is 49.9 Å². The summed E-state index contributed by atoms with van der Waals surface area (Å²) in [5, 5.41) is 0.540. The maximum Gasteiger partial charge on any atom is 0.255 e. The molecule has 1 atom stereocenters. The molecular weight excluding hydrogens is 326 g/mol. The van der Waals surface area contributed by atoms with Gasteiger partial charge in [0.05, 0.1) is 22.8 Å². The molecule has 3 heterocycles. The van der Waals surface area contributed by atoms with Crippen LogP contribution < -0.4 is 4.90 Å². The molecule has 0 radical (unpaired) electrons. The number of hydrogen-bond acceptors (Lipinski definition) is 4. The molecule has 0 aromatic carbocycles. The van der Waals surface area contributed by atoms with Crippen LogP contribution in [0.4, 0.5) is 5.82 Å². The highest BCUT2D eigenvalue weighted by Gasteiger charge is 2.32. The summed E-state index contributed by atoms with van der Waals surface area (Å²) < 4.78 is 5.87. The Morgan fingerprint density at radius 3 is 2.75 bits per heavy atom. The summed E-state index contributed by atoms with van der Waals surface area (Å²) >= 11 is 6.47. The molecule has 1 aromatic heterocycles. The van der Waals surface area contributed by atoms with E-state index in [4.69, 9.17) is 16.3 Å². The van der Waals surface area contributed by atoms with Crippen LogP contribution in [0, 0.1) is 0 Å². The quantitative estimate of drug-likeness (QED) is 0.837. The maximum atomic E-state index is 12.6. The zero-order chi connectivity index (χ0) is 17.2. The van der Waals surface area contributed by atoms with Gasteiger partial charge in [-0.05, 0) is 38.7 Å². The lowest BCUT2D eigenvalue weighted by molar-refractivity contribution is -0.0443. The molecule has 3 rings (SSSR count). The number of nitrogens with zero attached hydrogens (tertiary/aromatic N) is 3. The summed E-state index contributed by atoms with van der Waals surface area (Å²) in [6, 6.07) is 1.76. The third kappa shape index (κ3) is 3.67. The van der Waals surface area contributed by atoms with Gasteiger partial charge >= 0.3 is 0 Å². The third-order valence-electron chi connectivity index (χ3n) is 5.10. The molecule has 1 unspecified atom stereocenters. The van der Waals surface area contributed by atoms with E-state index in [2.05, 4.69) is 23.7 Å². The average Bonchev–Trinajstić information content (AvgIpc) is 2.62. The fraction of sp³-hybridized carbons (Fsp3) is 0.667. The van der Waals surface area contributed by atoms with Gasteiger partial charge < -0.3 is 14.5 Å². The molecule has 2 aliphatic rings. The number of carbonyl (C=O) groups is 1. The number of carbonyl (C=O) groups excluding carboxylic acids is 1. The van der Waals surface area contributed by atoms with E-state index >= 15 is 0 Å². The summed E-state index contributed by atoms with van der Waals surface area (Å²) in [5.41, 5.74) is 0.406. The van der Waals surface area contributed by atoms with Crippen LogP contribution in [-0.4, -0.2) is 54.2 Å².